The van der Waals surface area contributed by atoms with Crippen molar-refractivity contribution in [1.29, 1.82) is 0 Å². The summed E-state index contributed by atoms with van der Waals surface area (Å²) in [4.78, 5) is 10.2. The summed E-state index contributed by atoms with van der Waals surface area (Å²) in [5, 5.41) is 0. The summed E-state index contributed by atoms with van der Waals surface area (Å²) in [5.74, 6) is 1.86. The molecule has 9 rings (SSSR count). The molecule has 0 unspecified atom stereocenters. The maximum absolute atomic E-state index is 5.22. The zero-order valence-corrected chi connectivity index (χ0v) is 22.1. The van der Waals surface area contributed by atoms with Crippen molar-refractivity contribution in [2.45, 2.75) is 6.92 Å². The van der Waals surface area contributed by atoms with Crippen molar-refractivity contribution in [2.24, 2.45) is 7.05 Å². The van der Waals surface area contributed by atoms with Crippen LogP contribution in [0.25, 0.3) is 72.5 Å². The fourth-order valence-electron chi connectivity index (χ4n) is 6.47. The molecule has 4 aromatic heterocycles. The Kier molecular flexibility index (Phi) is 4.10. The lowest BCUT2D eigenvalue weighted by Crippen LogP contribution is -1.95. The summed E-state index contributed by atoms with van der Waals surface area (Å²) in [7, 11) is 2.10. The highest BCUT2D eigenvalue weighted by molar-refractivity contribution is 6.00. The van der Waals surface area contributed by atoms with Gasteiger partial charge in [0.05, 0.1) is 44.1 Å². The van der Waals surface area contributed by atoms with E-state index in [1.165, 1.54) is 11.1 Å². The average Bonchev–Trinajstić information content (AvgIpc) is 3.70. The maximum atomic E-state index is 5.22. The first-order chi connectivity index (χ1) is 19.7. The molecule has 6 heteroatoms. The predicted octanol–water partition coefficient (Wildman–Crippen LogP) is 7.70. The van der Waals surface area contributed by atoms with Crippen LogP contribution >= 0.6 is 0 Å². The number of hydrogen-bond acceptors (Lipinski definition) is 2. The van der Waals surface area contributed by atoms with Crippen molar-refractivity contribution >= 4 is 55.7 Å². The molecular formula is C34H24N6. The van der Waals surface area contributed by atoms with Gasteiger partial charge in [0.15, 0.2) is 0 Å². The van der Waals surface area contributed by atoms with Gasteiger partial charge in [-0.1, -0.05) is 54.6 Å². The van der Waals surface area contributed by atoms with E-state index in [1.807, 2.05) is 6.07 Å². The molecule has 6 nitrogen and oxygen atoms in total. The third-order valence-electron chi connectivity index (χ3n) is 8.21. The van der Waals surface area contributed by atoms with Crippen molar-refractivity contribution < 1.29 is 0 Å². The first kappa shape index (κ1) is 21.6. The van der Waals surface area contributed by atoms with Crippen LogP contribution in [0.4, 0.5) is 0 Å². The normalized spacial score (nSPS) is 12.2. The summed E-state index contributed by atoms with van der Waals surface area (Å²) in [6.07, 6.45) is 0. The van der Waals surface area contributed by atoms with Crippen LogP contribution in [0, 0.1) is 6.92 Å². The second-order valence-corrected chi connectivity index (χ2v) is 10.6. The van der Waals surface area contributed by atoms with Gasteiger partial charge < -0.3 is 4.57 Å². The molecule has 0 saturated carbocycles. The minimum Gasteiger partial charge on any atom is -0.312 e. The lowest BCUT2D eigenvalue weighted by Gasteiger charge is -2.07. The van der Waals surface area contributed by atoms with Crippen LogP contribution in [-0.2, 0) is 7.05 Å². The summed E-state index contributed by atoms with van der Waals surface area (Å²) < 4.78 is 9.01. The molecule has 9 aromatic rings. The van der Waals surface area contributed by atoms with Crippen molar-refractivity contribution in [3.63, 3.8) is 0 Å². The first-order valence-electron chi connectivity index (χ1n) is 13.5. The third-order valence-corrected chi connectivity index (χ3v) is 8.21. The molecule has 0 spiro atoms. The third kappa shape index (κ3) is 2.72. The highest BCUT2D eigenvalue weighted by Gasteiger charge is 2.20. The van der Waals surface area contributed by atoms with Gasteiger partial charge in [0.1, 0.15) is 0 Å². The van der Waals surface area contributed by atoms with E-state index in [0.29, 0.717) is 0 Å². The molecule has 0 fully saturated rings. The fourth-order valence-corrected chi connectivity index (χ4v) is 6.47. The quantitative estimate of drug-likeness (QED) is 0.236. The van der Waals surface area contributed by atoms with Gasteiger partial charge in [0.2, 0.25) is 11.6 Å². The van der Waals surface area contributed by atoms with Gasteiger partial charge in [-0.3, -0.25) is 13.4 Å². The number of imidazole rings is 4. The Hall–Kier alpha value is -5.36. The number of fused-ring (bicyclic) bond motifs is 10. The zero-order chi connectivity index (χ0) is 26.5. The largest absolute Gasteiger partial charge is 0.312 e. The summed E-state index contributed by atoms with van der Waals surface area (Å²) >= 11 is 0. The van der Waals surface area contributed by atoms with Crippen LogP contribution in [0.2, 0.25) is 0 Å². The number of hydrogen-bond donors (Lipinski definition) is 0. The second-order valence-electron chi connectivity index (χ2n) is 10.6. The fraction of sp³-hybridized carbons (Fsp3) is 0.0588. The Balaban J connectivity index is 1.32. The number of para-hydroxylation sites is 5. The summed E-state index contributed by atoms with van der Waals surface area (Å²) in [6, 6.07) is 38.6. The predicted molar refractivity (Wildman–Crippen MR) is 162 cm³/mol. The molecule has 0 aliphatic heterocycles. The van der Waals surface area contributed by atoms with Crippen LogP contribution in [0.3, 0.4) is 0 Å². The van der Waals surface area contributed by atoms with Crippen LogP contribution in [0.1, 0.15) is 5.56 Å². The van der Waals surface area contributed by atoms with E-state index in [4.69, 9.17) is 9.97 Å². The molecule has 0 aliphatic carbocycles. The molecule has 0 radical (unpaired) electrons. The van der Waals surface area contributed by atoms with E-state index < -0.39 is 0 Å². The van der Waals surface area contributed by atoms with E-state index in [2.05, 4.69) is 135 Å². The van der Waals surface area contributed by atoms with Crippen LogP contribution < -0.4 is 0 Å². The molecule has 40 heavy (non-hydrogen) atoms. The number of benzene rings is 5. The molecule has 190 valence electrons. The highest BCUT2D eigenvalue weighted by Crippen LogP contribution is 2.36. The van der Waals surface area contributed by atoms with Crippen LogP contribution in [0.15, 0.2) is 109 Å². The SMILES string of the molecule is Cc1cccc(-n2c3ccccc3n3c4ccc(-c5cccc6c5n(C)c5nc7ccccc7n65)cc4nc23)c1. The maximum Gasteiger partial charge on any atom is 0.220 e. The number of nitrogens with zero attached hydrogens (tertiary/aromatic N) is 6. The standard InChI is InChI=1S/C34H24N6/c1-21-9-7-10-23(19-21)38-29-14-5-6-15-30(29)39-28-18-17-22(20-26(28)36-34(38)39)24-11-8-16-31-32(24)37(2)33-35-25-12-3-4-13-27(25)40(31)33/h3-20H,1-2H3. The van der Waals surface area contributed by atoms with Crippen molar-refractivity contribution in [3.8, 4) is 16.8 Å². The Morgan fingerprint density at radius 2 is 1.25 bits per heavy atom. The van der Waals surface area contributed by atoms with Gasteiger partial charge in [-0.15, -0.1) is 0 Å². The van der Waals surface area contributed by atoms with Gasteiger partial charge in [0.25, 0.3) is 0 Å². The zero-order valence-electron chi connectivity index (χ0n) is 22.1. The average molecular weight is 517 g/mol. The topological polar surface area (TPSA) is 44.5 Å². The second kappa shape index (κ2) is 7.61. The van der Waals surface area contributed by atoms with E-state index in [0.717, 1.165) is 66.9 Å². The van der Waals surface area contributed by atoms with E-state index >= 15 is 0 Å². The first-order valence-corrected chi connectivity index (χ1v) is 13.5. The lowest BCUT2D eigenvalue weighted by atomic mass is 10.0. The number of rotatable bonds is 2. The number of aryl methyl sites for hydroxylation is 2. The van der Waals surface area contributed by atoms with Crippen LogP contribution in [0.5, 0.6) is 0 Å². The molecule has 0 amide bonds. The molecule has 0 N–H and O–H groups in total. The number of aromatic nitrogens is 6. The molecular weight excluding hydrogens is 492 g/mol. The molecule has 0 aliphatic rings. The Bertz CT molecular complexity index is 2460. The Labute approximate surface area is 229 Å². The molecule has 0 saturated heterocycles. The van der Waals surface area contributed by atoms with Gasteiger partial charge >= 0.3 is 0 Å². The van der Waals surface area contributed by atoms with Gasteiger partial charge in [0, 0.05) is 18.3 Å². The van der Waals surface area contributed by atoms with Crippen molar-refractivity contribution in [1.82, 2.24) is 27.9 Å². The van der Waals surface area contributed by atoms with E-state index in [-0.39, 0.29) is 0 Å². The molecule has 0 atom stereocenters. The molecule has 5 aromatic carbocycles. The summed E-state index contributed by atoms with van der Waals surface area (Å²) in [5.41, 5.74) is 13.4. The monoisotopic (exact) mass is 516 g/mol. The van der Waals surface area contributed by atoms with E-state index in [9.17, 15) is 0 Å². The van der Waals surface area contributed by atoms with Gasteiger partial charge in [-0.2, -0.15) is 0 Å². The van der Waals surface area contributed by atoms with Gasteiger partial charge in [-0.05, 0) is 72.6 Å². The molecule has 0 bridgehead atoms. The van der Waals surface area contributed by atoms with Crippen molar-refractivity contribution in [3.05, 3.63) is 115 Å². The lowest BCUT2D eigenvalue weighted by molar-refractivity contribution is 0.974. The minimum atomic E-state index is 0.918. The highest BCUT2D eigenvalue weighted by atomic mass is 15.2. The summed E-state index contributed by atoms with van der Waals surface area (Å²) in [6.45, 7) is 2.13. The minimum absolute atomic E-state index is 0.918. The van der Waals surface area contributed by atoms with Gasteiger partial charge in [-0.25, -0.2) is 9.97 Å². The smallest absolute Gasteiger partial charge is 0.220 e. The molecule has 4 heterocycles. The van der Waals surface area contributed by atoms with Crippen LogP contribution in [-0.4, -0.2) is 27.9 Å². The Morgan fingerprint density at radius 1 is 0.550 bits per heavy atom. The van der Waals surface area contributed by atoms with Crippen molar-refractivity contribution in [2.75, 3.05) is 0 Å². The van der Waals surface area contributed by atoms with E-state index in [1.54, 1.807) is 0 Å². The Morgan fingerprint density at radius 3 is 2.12 bits per heavy atom.